The lowest BCUT2D eigenvalue weighted by molar-refractivity contribution is -0.132. The molecule has 0 radical (unpaired) electrons. The molecule has 0 unspecified atom stereocenters. The number of hydrogen-bond donors (Lipinski definition) is 2. The van der Waals surface area contributed by atoms with Crippen molar-refractivity contribution in [3.05, 3.63) is 64.7 Å². The van der Waals surface area contributed by atoms with Gasteiger partial charge in [0, 0.05) is 5.69 Å². The third kappa shape index (κ3) is 3.87. The van der Waals surface area contributed by atoms with Crippen molar-refractivity contribution in [2.75, 3.05) is 5.32 Å². The highest BCUT2D eigenvalue weighted by molar-refractivity contribution is 6.54. The highest BCUT2D eigenvalue weighted by Gasteiger charge is 2.17. The molecule has 22 heavy (non-hydrogen) atoms. The second-order valence-corrected chi connectivity index (χ2v) is 5.09. The number of carboxylic acids is 1. The zero-order valence-corrected chi connectivity index (χ0v) is 12.7. The van der Waals surface area contributed by atoms with Gasteiger partial charge in [-0.25, -0.2) is 4.79 Å². The molecule has 2 aromatic carbocycles. The van der Waals surface area contributed by atoms with Gasteiger partial charge in [-0.3, -0.25) is 4.79 Å². The summed E-state index contributed by atoms with van der Waals surface area (Å²) in [4.78, 5) is 22.4. The summed E-state index contributed by atoms with van der Waals surface area (Å²) in [6, 6.07) is 16.8. The molecule has 2 N–H and O–H groups in total. The Bertz CT molecular complexity index is 725. The molecule has 2 aromatic rings. The van der Waals surface area contributed by atoms with Crippen LogP contribution in [0, 0.1) is 0 Å². The Balaban J connectivity index is 2.14. The van der Waals surface area contributed by atoms with E-state index in [1.165, 1.54) is 0 Å². The monoisotopic (exact) mass is 335 g/mol. The molecule has 0 saturated carbocycles. The molecule has 6 heteroatoms. The van der Waals surface area contributed by atoms with E-state index in [1.54, 1.807) is 12.1 Å². The Kier molecular flexibility index (Phi) is 5.20. The van der Waals surface area contributed by atoms with Crippen LogP contribution >= 0.6 is 23.2 Å². The van der Waals surface area contributed by atoms with Gasteiger partial charge < -0.3 is 10.4 Å². The summed E-state index contributed by atoms with van der Waals surface area (Å²) in [5.74, 6) is -2.23. The van der Waals surface area contributed by atoms with Crippen LogP contribution in [0.2, 0.25) is 0 Å². The second-order valence-electron chi connectivity index (χ2n) is 4.33. The molecule has 2 rings (SSSR count). The summed E-state index contributed by atoms with van der Waals surface area (Å²) in [6.07, 6.45) is 0. The number of nitrogens with one attached hydrogen (secondary N) is 1. The molecule has 112 valence electrons. The predicted molar refractivity (Wildman–Crippen MR) is 86.9 cm³/mol. The molecule has 1 amide bonds. The Labute approximate surface area is 137 Å². The summed E-state index contributed by atoms with van der Waals surface area (Å²) in [6.45, 7) is 0. The SMILES string of the molecule is O=C(O)/C(Cl)=C(\Cl)C(=O)Nc1ccc(-c2ccccc2)cc1. The van der Waals surface area contributed by atoms with E-state index in [4.69, 9.17) is 28.3 Å². The zero-order valence-electron chi connectivity index (χ0n) is 11.2. The Morgan fingerprint density at radius 3 is 1.91 bits per heavy atom. The third-order valence-corrected chi connectivity index (χ3v) is 3.64. The normalized spacial score (nSPS) is 11.5. The molecule has 0 atom stereocenters. The summed E-state index contributed by atoms with van der Waals surface area (Å²) in [5, 5.41) is 9.86. The van der Waals surface area contributed by atoms with E-state index in [0.717, 1.165) is 11.1 Å². The van der Waals surface area contributed by atoms with E-state index in [1.807, 2.05) is 42.5 Å². The van der Waals surface area contributed by atoms with Gasteiger partial charge in [0.2, 0.25) is 0 Å². The highest BCUT2D eigenvalue weighted by Crippen LogP contribution is 2.22. The van der Waals surface area contributed by atoms with Gasteiger partial charge in [0.1, 0.15) is 10.1 Å². The second kappa shape index (κ2) is 7.11. The van der Waals surface area contributed by atoms with Crippen LogP contribution in [0.25, 0.3) is 11.1 Å². The minimum atomic E-state index is -1.46. The average Bonchev–Trinajstić information content (AvgIpc) is 2.54. The molecule has 4 nitrogen and oxygen atoms in total. The molecule has 0 fully saturated rings. The summed E-state index contributed by atoms with van der Waals surface area (Å²) in [5.41, 5.74) is 2.52. The third-order valence-electron chi connectivity index (χ3n) is 2.83. The van der Waals surface area contributed by atoms with Crippen molar-refractivity contribution in [3.63, 3.8) is 0 Å². The van der Waals surface area contributed by atoms with Gasteiger partial charge in [0.15, 0.2) is 0 Å². The molecule has 0 aromatic heterocycles. The first-order valence-electron chi connectivity index (χ1n) is 6.24. The Morgan fingerprint density at radius 2 is 1.36 bits per heavy atom. The van der Waals surface area contributed by atoms with Crippen molar-refractivity contribution in [1.29, 1.82) is 0 Å². The molecule has 0 bridgehead atoms. The van der Waals surface area contributed by atoms with Gasteiger partial charge in [-0.05, 0) is 23.3 Å². The average molecular weight is 336 g/mol. The minimum Gasteiger partial charge on any atom is -0.477 e. The first kappa shape index (κ1) is 16.1. The molecule has 0 saturated heterocycles. The lowest BCUT2D eigenvalue weighted by atomic mass is 10.1. The zero-order chi connectivity index (χ0) is 16.1. The van der Waals surface area contributed by atoms with Crippen molar-refractivity contribution < 1.29 is 14.7 Å². The molecule has 0 aliphatic heterocycles. The largest absolute Gasteiger partial charge is 0.477 e. The maximum Gasteiger partial charge on any atom is 0.349 e. The molecule has 0 aliphatic carbocycles. The van der Waals surface area contributed by atoms with Gasteiger partial charge in [-0.15, -0.1) is 0 Å². The predicted octanol–water partition coefficient (Wildman–Crippen LogP) is 4.07. The number of benzene rings is 2. The number of aliphatic carboxylic acids is 1. The lowest BCUT2D eigenvalue weighted by Gasteiger charge is -2.06. The van der Waals surface area contributed by atoms with Gasteiger partial charge in [-0.2, -0.15) is 0 Å². The van der Waals surface area contributed by atoms with Crippen LogP contribution in [-0.2, 0) is 9.59 Å². The summed E-state index contributed by atoms with van der Waals surface area (Å²) >= 11 is 11.0. The Morgan fingerprint density at radius 1 is 0.818 bits per heavy atom. The number of carboxylic acid groups (broad SMARTS) is 1. The molecule has 0 aliphatic rings. The van der Waals surface area contributed by atoms with Gasteiger partial charge in [-0.1, -0.05) is 65.7 Å². The maximum absolute atomic E-state index is 11.8. The first-order chi connectivity index (χ1) is 10.5. The maximum atomic E-state index is 11.8. The fraction of sp³-hybridized carbons (Fsp3) is 0. The number of rotatable bonds is 4. The molecular weight excluding hydrogens is 325 g/mol. The highest BCUT2D eigenvalue weighted by atomic mass is 35.5. The fourth-order valence-corrected chi connectivity index (χ4v) is 1.97. The van der Waals surface area contributed by atoms with E-state index < -0.39 is 21.9 Å². The van der Waals surface area contributed by atoms with E-state index in [0.29, 0.717) is 5.69 Å². The van der Waals surface area contributed by atoms with Gasteiger partial charge in [0.05, 0.1) is 0 Å². The van der Waals surface area contributed by atoms with Crippen molar-refractivity contribution in [3.8, 4) is 11.1 Å². The molecule has 0 heterocycles. The first-order valence-corrected chi connectivity index (χ1v) is 7.00. The van der Waals surface area contributed by atoms with Crippen LogP contribution in [0.1, 0.15) is 0 Å². The van der Waals surface area contributed by atoms with Crippen molar-refractivity contribution in [2.45, 2.75) is 0 Å². The number of anilines is 1. The van der Waals surface area contributed by atoms with Gasteiger partial charge in [0.25, 0.3) is 5.91 Å². The van der Waals surface area contributed by atoms with Crippen molar-refractivity contribution in [2.24, 2.45) is 0 Å². The van der Waals surface area contributed by atoms with Crippen LogP contribution in [0.15, 0.2) is 64.7 Å². The topological polar surface area (TPSA) is 66.4 Å². The standard InChI is InChI=1S/C16H11Cl2NO3/c17-13(14(18)16(21)22)15(20)19-12-8-6-11(7-9-12)10-4-2-1-3-5-10/h1-9H,(H,19,20)(H,21,22)/b14-13+. The van der Waals surface area contributed by atoms with E-state index >= 15 is 0 Å². The number of carbonyl (C=O) groups excluding carboxylic acids is 1. The Hall–Kier alpha value is -2.30. The van der Waals surface area contributed by atoms with E-state index in [9.17, 15) is 9.59 Å². The number of amides is 1. The van der Waals surface area contributed by atoms with Crippen LogP contribution in [0.5, 0.6) is 0 Å². The van der Waals surface area contributed by atoms with Crippen molar-refractivity contribution >= 4 is 40.8 Å². The van der Waals surface area contributed by atoms with E-state index in [-0.39, 0.29) is 0 Å². The summed E-state index contributed by atoms with van der Waals surface area (Å²) < 4.78 is 0. The van der Waals surface area contributed by atoms with E-state index in [2.05, 4.69) is 5.32 Å². The van der Waals surface area contributed by atoms with Crippen LogP contribution in [-0.4, -0.2) is 17.0 Å². The van der Waals surface area contributed by atoms with Crippen LogP contribution in [0.4, 0.5) is 5.69 Å². The van der Waals surface area contributed by atoms with Gasteiger partial charge >= 0.3 is 5.97 Å². The van der Waals surface area contributed by atoms with Crippen molar-refractivity contribution in [1.82, 2.24) is 0 Å². The molecule has 0 spiro atoms. The van der Waals surface area contributed by atoms with Crippen LogP contribution < -0.4 is 5.32 Å². The van der Waals surface area contributed by atoms with Crippen LogP contribution in [0.3, 0.4) is 0 Å². The fourth-order valence-electron chi connectivity index (χ4n) is 1.76. The quantitative estimate of drug-likeness (QED) is 0.827. The smallest absolute Gasteiger partial charge is 0.349 e. The number of halogens is 2. The number of carbonyl (C=O) groups is 2. The number of hydrogen-bond acceptors (Lipinski definition) is 2. The minimum absolute atomic E-state index is 0.484. The molecular formula is C16H11Cl2NO3. The summed E-state index contributed by atoms with van der Waals surface area (Å²) in [7, 11) is 0. The lowest BCUT2D eigenvalue weighted by Crippen LogP contribution is -2.14.